The fourth-order valence-corrected chi connectivity index (χ4v) is 2.24. The van der Waals surface area contributed by atoms with Crippen LogP contribution < -0.4 is 5.32 Å². The van der Waals surface area contributed by atoms with E-state index in [2.05, 4.69) is 10.4 Å². The van der Waals surface area contributed by atoms with Crippen LogP contribution in [0.4, 0.5) is 4.39 Å². The number of amides is 1. The van der Waals surface area contributed by atoms with E-state index < -0.39 is 11.7 Å². The Morgan fingerprint density at radius 3 is 2.86 bits per heavy atom. The molecule has 3 rings (SSSR count). The van der Waals surface area contributed by atoms with Crippen molar-refractivity contribution in [2.75, 3.05) is 0 Å². The van der Waals surface area contributed by atoms with Crippen molar-refractivity contribution in [3.05, 3.63) is 42.0 Å². The zero-order valence-corrected chi connectivity index (χ0v) is 11.0. The van der Waals surface area contributed by atoms with Crippen molar-refractivity contribution in [3.8, 4) is 11.4 Å². The van der Waals surface area contributed by atoms with Crippen LogP contribution in [0.1, 0.15) is 23.3 Å². The maximum absolute atomic E-state index is 13.2. The summed E-state index contributed by atoms with van der Waals surface area (Å²) in [6, 6.07) is 5.56. The predicted octanol–water partition coefficient (Wildman–Crippen LogP) is 0.970. The number of hydrogen-bond acceptors (Lipinski definition) is 4. The third-order valence-corrected chi connectivity index (χ3v) is 3.43. The zero-order valence-electron chi connectivity index (χ0n) is 11.0. The van der Waals surface area contributed by atoms with Crippen molar-refractivity contribution in [1.82, 2.24) is 15.1 Å². The van der Waals surface area contributed by atoms with Gasteiger partial charge in [0.1, 0.15) is 5.82 Å². The highest BCUT2D eigenvalue weighted by Crippen LogP contribution is 2.22. The van der Waals surface area contributed by atoms with Gasteiger partial charge in [-0.3, -0.25) is 4.79 Å². The summed E-state index contributed by atoms with van der Waals surface area (Å²) >= 11 is 0. The number of nitrogens with zero attached hydrogens (tertiary/aromatic N) is 2. The largest absolute Gasteiger partial charge is 0.504 e. The van der Waals surface area contributed by atoms with Crippen LogP contribution in [-0.4, -0.2) is 38.0 Å². The summed E-state index contributed by atoms with van der Waals surface area (Å²) in [7, 11) is 0. The van der Waals surface area contributed by atoms with Gasteiger partial charge in [0, 0.05) is 6.04 Å². The number of rotatable bonds is 3. The summed E-state index contributed by atoms with van der Waals surface area (Å²) in [6.07, 6.45) is 1.86. The summed E-state index contributed by atoms with van der Waals surface area (Å²) in [5.74, 6) is -1.23. The van der Waals surface area contributed by atoms with E-state index in [1.54, 1.807) is 6.07 Å². The Morgan fingerprint density at radius 1 is 1.43 bits per heavy atom. The molecule has 21 heavy (non-hydrogen) atoms. The maximum atomic E-state index is 13.2. The average Bonchev–Trinajstić information content (AvgIpc) is 2.79. The second-order valence-electron chi connectivity index (χ2n) is 5.08. The van der Waals surface area contributed by atoms with Gasteiger partial charge in [-0.05, 0) is 31.0 Å². The number of aliphatic hydroxyl groups excluding tert-OH is 1. The summed E-state index contributed by atoms with van der Waals surface area (Å²) in [4.78, 5) is 12.0. The Bertz CT molecular complexity index is 680. The van der Waals surface area contributed by atoms with E-state index in [1.807, 2.05) is 0 Å². The van der Waals surface area contributed by atoms with Gasteiger partial charge < -0.3 is 15.5 Å². The van der Waals surface area contributed by atoms with Crippen LogP contribution in [0.5, 0.6) is 5.75 Å². The van der Waals surface area contributed by atoms with E-state index in [1.165, 1.54) is 29.1 Å². The smallest absolute Gasteiger partial charge is 0.275 e. The molecule has 1 fully saturated rings. The molecule has 1 amide bonds. The van der Waals surface area contributed by atoms with E-state index in [9.17, 15) is 19.4 Å². The lowest BCUT2D eigenvalue weighted by Crippen LogP contribution is -2.46. The molecule has 2 aromatic rings. The van der Waals surface area contributed by atoms with Crippen molar-refractivity contribution in [2.45, 2.75) is 25.0 Å². The number of carbonyl (C=O) groups is 1. The molecule has 1 aromatic carbocycles. The molecule has 1 heterocycles. The first kappa shape index (κ1) is 13.6. The van der Waals surface area contributed by atoms with Gasteiger partial charge in [-0.2, -0.15) is 5.10 Å². The van der Waals surface area contributed by atoms with Crippen molar-refractivity contribution >= 4 is 5.91 Å². The molecule has 1 saturated carbocycles. The number of carbonyl (C=O) groups excluding carboxylic acids is 1. The molecular formula is C14H14FN3O3. The third-order valence-electron chi connectivity index (χ3n) is 3.43. The van der Waals surface area contributed by atoms with Crippen molar-refractivity contribution in [3.63, 3.8) is 0 Å². The monoisotopic (exact) mass is 291 g/mol. The molecular weight excluding hydrogens is 277 g/mol. The minimum absolute atomic E-state index is 0.105. The molecule has 110 valence electrons. The first-order valence-corrected chi connectivity index (χ1v) is 6.56. The Morgan fingerprint density at radius 2 is 2.19 bits per heavy atom. The van der Waals surface area contributed by atoms with Gasteiger partial charge in [0.05, 0.1) is 18.0 Å². The predicted molar refractivity (Wildman–Crippen MR) is 71.7 cm³/mol. The van der Waals surface area contributed by atoms with Crippen LogP contribution in [0, 0.1) is 5.82 Å². The second kappa shape index (κ2) is 5.17. The summed E-state index contributed by atoms with van der Waals surface area (Å²) in [6.45, 7) is 0. The Hall–Kier alpha value is -2.41. The number of aliphatic hydroxyl groups is 1. The van der Waals surface area contributed by atoms with Crippen LogP contribution in [0.2, 0.25) is 0 Å². The molecule has 0 atom stereocenters. The lowest BCUT2D eigenvalue weighted by Gasteiger charge is -2.31. The maximum Gasteiger partial charge on any atom is 0.275 e. The first-order chi connectivity index (χ1) is 10.0. The van der Waals surface area contributed by atoms with Crippen molar-refractivity contribution < 1.29 is 19.4 Å². The lowest BCUT2D eigenvalue weighted by molar-refractivity contribution is 0.0559. The number of nitrogens with one attached hydrogen (secondary N) is 1. The molecule has 0 bridgehead atoms. The summed E-state index contributed by atoms with van der Waals surface area (Å²) < 4.78 is 14.4. The number of aromatic hydroxyl groups is 1. The number of benzene rings is 1. The summed E-state index contributed by atoms with van der Waals surface area (Å²) in [5.41, 5.74) is 0.282. The quantitative estimate of drug-likeness (QED) is 0.786. The van der Waals surface area contributed by atoms with E-state index in [-0.39, 0.29) is 23.6 Å². The van der Waals surface area contributed by atoms with Gasteiger partial charge in [-0.15, -0.1) is 0 Å². The lowest BCUT2D eigenvalue weighted by atomic mass is 9.89. The minimum Gasteiger partial charge on any atom is -0.504 e. The average molecular weight is 291 g/mol. The molecule has 3 N–H and O–H groups in total. The normalized spacial score (nSPS) is 20.9. The SMILES string of the molecule is O=C(NC1CC(O)C1)c1nn(-c2cccc(F)c2)cc1O. The summed E-state index contributed by atoms with van der Waals surface area (Å²) in [5, 5.41) is 25.6. The van der Waals surface area contributed by atoms with Crippen molar-refractivity contribution in [2.24, 2.45) is 0 Å². The van der Waals surface area contributed by atoms with Gasteiger partial charge >= 0.3 is 0 Å². The first-order valence-electron chi connectivity index (χ1n) is 6.56. The van der Waals surface area contributed by atoms with Crippen LogP contribution in [-0.2, 0) is 0 Å². The second-order valence-corrected chi connectivity index (χ2v) is 5.08. The molecule has 1 aromatic heterocycles. The van der Waals surface area contributed by atoms with Gasteiger partial charge in [0.2, 0.25) is 0 Å². The molecule has 0 unspecified atom stereocenters. The minimum atomic E-state index is -0.514. The zero-order chi connectivity index (χ0) is 15.0. The molecule has 1 aliphatic carbocycles. The van der Waals surface area contributed by atoms with Crippen molar-refractivity contribution in [1.29, 1.82) is 0 Å². The van der Waals surface area contributed by atoms with Crippen LogP contribution >= 0.6 is 0 Å². The molecule has 6 nitrogen and oxygen atoms in total. The standard InChI is InChI=1S/C14H14FN3O3/c15-8-2-1-3-10(4-8)18-7-12(20)13(17-18)14(21)16-9-5-11(19)6-9/h1-4,7,9,11,19-20H,5-6H2,(H,16,21). The Balaban J connectivity index is 1.79. The highest BCUT2D eigenvalue weighted by Gasteiger charge is 2.30. The Kier molecular flexibility index (Phi) is 3.34. The number of aromatic nitrogens is 2. The van der Waals surface area contributed by atoms with E-state index in [0.29, 0.717) is 18.5 Å². The van der Waals surface area contributed by atoms with E-state index in [0.717, 1.165) is 0 Å². The highest BCUT2D eigenvalue weighted by atomic mass is 19.1. The molecule has 0 saturated heterocycles. The molecule has 1 aliphatic rings. The highest BCUT2D eigenvalue weighted by molar-refractivity contribution is 5.95. The topological polar surface area (TPSA) is 87.4 Å². The molecule has 0 aliphatic heterocycles. The number of hydrogen-bond donors (Lipinski definition) is 3. The molecule has 7 heteroatoms. The van der Waals surface area contributed by atoms with Crippen LogP contribution in [0.25, 0.3) is 5.69 Å². The number of halogens is 1. The third kappa shape index (κ3) is 2.73. The Labute approximate surface area is 119 Å². The van der Waals surface area contributed by atoms with E-state index >= 15 is 0 Å². The van der Waals surface area contributed by atoms with Gasteiger partial charge in [0.15, 0.2) is 11.4 Å². The van der Waals surface area contributed by atoms with Crippen LogP contribution in [0.3, 0.4) is 0 Å². The molecule has 0 spiro atoms. The molecule has 0 radical (unpaired) electrons. The fourth-order valence-electron chi connectivity index (χ4n) is 2.24. The van der Waals surface area contributed by atoms with Crippen LogP contribution in [0.15, 0.2) is 30.5 Å². The van der Waals surface area contributed by atoms with Gasteiger partial charge in [0.25, 0.3) is 5.91 Å². The fraction of sp³-hybridized carbons (Fsp3) is 0.286. The van der Waals surface area contributed by atoms with Gasteiger partial charge in [-0.25, -0.2) is 9.07 Å². The van der Waals surface area contributed by atoms with E-state index in [4.69, 9.17) is 0 Å². The van der Waals surface area contributed by atoms with Gasteiger partial charge in [-0.1, -0.05) is 6.07 Å².